The molecule has 5 heteroatoms. The number of benzene rings is 2. The van der Waals surface area contributed by atoms with Crippen LogP contribution in [0.1, 0.15) is 25.5 Å². The third-order valence-electron chi connectivity index (χ3n) is 3.06. The Balaban J connectivity index is 2.37. The normalized spacial score (nSPS) is 12.4. The molecule has 2 aromatic carbocycles. The minimum absolute atomic E-state index is 0.271. The van der Waals surface area contributed by atoms with Crippen molar-refractivity contribution in [2.75, 3.05) is 6.54 Å². The molecule has 0 saturated heterocycles. The van der Waals surface area contributed by atoms with Gasteiger partial charge in [-0.25, -0.2) is 0 Å². The van der Waals surface area contributed by atoms with Crippen LogP contribution in [-0.2, 0) is 0 Å². The summed E-state index contributed by atoms with van der Waals surface area (Å²) in [7, 11) is 0. The maximum Gasteiger partial charge on any atom is 0.0546 e. The first-order valence-electron chi connectivity index (χ1n) is 6.67. The summed E-state index contributed by atoms with van der Waals surface area (Å²) in [6.45, 7) is 5.19. The Morgan fingerprint density at radius 3 is 2.62 bits per heavy atom. The van der Waals surface area contributed by atoms with Gasteiger partial charge in [-0.15, -0.1) is 0 Å². The van der Waals surface area contributed by atoms with Crippen molar-refractivity contribution in [3.05, 3.63) is 56.5 Å². The lowest BCUT2D eigenvalue weighted by Gasteiger charge is -2.18. The number of rotatable bonds is 5. The van der Waals surface area contributed by atoms with Gasteiger partial charge < -0.3 is 5.32 Å². The van der Waals surface area contributed by atoms with Gasteiger partial charge in [0.1, 0.15) is 0 Å². The summed E-state index contributed by atoms with van der Waals surface area (Å²) >= 11 is 17.5. The summed E-state index contributed by atoms with van der Waals surface area (Å²) in [5, 5.41) is 4.86. The van der Waals surface area contributed by atoms with E-state index in [0.29, 0.717) is 5.02 Å². The van der Waals surface area contributed by atoms with Gasteiger partial charge in [-0.3, -0.25) is 0 Å². The van der Waals surface area contributed by atoms with Crippen molar-refractivity contribution in [2.24, 2.45) is 0 Å². The molecular formula is C16H16BrCl2NS. The molecule has 0 aromatic heterocycles. The van der Waals surface area contributed by atoms with Gasteiger partial charge in [0.05, 0.1) is 5.02 Å². The third-order valence-corrected chi connectivity index (χ3v) is 5.38. The van der Waals surface area contributed by atoms with Crippen molar-refractivity contribution in [2.45, 2.75) is 29.7 Å². The van der Waals surface area contributed by atoms with Crippen LogP contribution < -0.4 is 5.32 Å². The molecule has 1 unspecified atom stereocenters. The summed E-state index contributed by atoms with van der Waals surface area (Å²) in [6, 6.07) is 12.1. The molecule has 1 nitrogen and oxygen atoms in total. The van der Waals surface area contributed by atoms with Gasteiger partial charge in [0.2, 0.25) is 0 Å². The van der Waals surface area contributed by atoms with Gasteiger partial charge in [-0.2, -0.15) is 0 Å². The van der Waals surface area contributed by atoms with E-state index in [1.165, 1.54) is 10.5 Å². The molecule has 2 aromatic rings. The van der Waals surface area contributed by atoms with Crippen LogP contribution >= 0.6 is 50.9 Å². The van der Waals surface area contributed by atoms with Crippen LogP contribution in [-0.4, -0.2) is 6.54 Å². The molecule has 0 aliphatic heterocycles. The molecule has 0 radical (unpaired) electrons. The maximum absolute atomic E-state index is 6.27. The van der Waals surface area contributed by atoms with Gasteiger partial charge in [0, 0.05) is 25.3 Å². The van der Waals surface area contributed by atoms with E-state index in [-0.39, 0.29) is 6.04 Å². The fourth-order valence-electron chi connectivity index (χ4n) is 2.04. The molecule has 0 spiro atoms. The highest BCUT2D eigenvalue weighted by atomic mass is 79.9. The number of hydrogen-bond donors (Lipinski definition) is 1. The minimum atomic E-state index is 0.271. The van der Waals surface area contributed by atoms with Crippen LogP contribution in [0.2, 0.25) is 10.0 Å². The van der Waals surface area contributed by atoms with E-state index < -0.39 is 0 Å². The van der Waals surface area contributed by atoms with Gasteiger partial charge in [-0.05, 0) is 55.4 Å². The molecule has 0 aliphatic carbocycles. The lowest BCUT2D eigenvalue weighted by atomic mass is 10.1. The number of halogens is 3. The first-order chi connectivity index (χ1) is 10.0. The molecule has 0 heterocycles. The quantitative estimate of drug-likeness (QED) is 0.603. The molecule has 0 bridgehead atoms. The van der Waals surface area contributed by atoms with Gasteiger partial charge >= 0.3 is 0 Å². The lowest BCUT2D eigenvalue weighted by molar-refractivity contribution is 0.589. The van der Waals surface area contributed by atoms with E-state index in [1.807, 2.05) is 18.2 Å². The molecule has 0 aliphatic rings. The average molecular weight is 405 g/mol. The Kier molecular flexibility index (Phi) is 6.45. The van der Waals surface area contributed by atoms with E-state index in [9.17, 15) is 0 Å². The number of hydrogen-bond acceptors (Lipinski definition) is 2. The van der Waals surface area contributed by atoms with Crippen molar-refractivity contribution in [1.29, 1.82) is 0 Å². The molecular weight excluding hydrogens is 389 g/mol. The molecule has 0 amide bonds. The Labute approximate surface area is 148 Å². The second-order valence-electron chi connectivity index (χ2n) is 4.64. The molecule has 2 rings (SSSR count). The second-order valence-corrected chi connectivity index (χ2v) is 7.48. The van der Waals surface area contributed by atoms with Crippen LogP contribution in [0.4, 0.5) is 0 Å². The molecule has 0 saturated carbocycles. The summed E-state index contributed by atoms with van der Waals surface area (Å²) < 4.78 is 1.07. The van der Waals surface area contributed by atoms with Crippen molar-refractivity contribution in [3.63, 3.8) is 0 Å². The summed E-state index contributed by atoms with van der Waals surface area (Å²) in [5.74, 6) is 0. The predicted molar refractivity (Wildman–Crippen MR) is 96.8 cm³/mol. The Morgan fingerprint density at radius 2 is 1.90 bits per heavy atom. The van der Waals surface area contributed by atoms with Crippen molar-refractivity contribution in [3.8, 4) is 0 Å². The summed E-state index contributed by atoms with van der Waals surface area (Å²) in [5.41, 5.74) is 1.24. The standard InChI is InChI=1S/C16H16BrCl2NS/c1-3-20-10(2)13-8-11(17)4-7-15(13)21-16-9-12(18)5-6-14(16)19/h4-10,20H,3H2,1-2H3. The van der Waals surface area contributed by atoms with Crippen LogP contribution in [0.15, 0.2) is 50.7 Å². The zero-order valence-electron chi connectivity index (χ0n) is 11.8. The SMILES string of the molecule is CCNC(C)c1cc(Br)ccc1Sc1cc(Cl)ccc1Cl. The Bertz CT molecular complexity index is 634. The zero-order valence-corrected chi connectivity index (χ0v) is 15.7. The smallest absolute Gasteiger partial charge is 0.0546 e. The fraction of sp³-hybridized carbons (Fsp3) is 0.250. The molecule has 0 fully saturated rings. The highest BCUT2D eigenvalue weighted by molar-refractivity contribution is 9.10. The highest BCUT2D eigenvalue weighted by Gasteiger charge is 2.13. The molecule has 1 N–H and O–H groups in total. The highest BCUT2D eigenvalue weighted by Crippen LogP contribution is 2.39. The first-order valence-corrected chi connectivity index (χ1v) is 9.03. The third kappa shape index (κ3) is 4.64. The molecule has 112 valence electrons. The Hall–Kier alpha value is -0.190. The van der Waals surface area contributed by atoms with Gasteiger partial charge in [0.15, 0.2) is 0 Å². The van der Waals surface area contributed by atoms with Crippen LogP contribution in [0.5, 0.6) is 0 Å². The zero-order chi connectivity index (χ0) is 15.4. The maximum atomic E-state index is 6.27. The summed E-state index contributed by atoms with van der Waals surface area (Å²) in [4.78, 5) is 2.15. The van der Waals surface area contributed by atoms with E-state index in [0.717, 1.165) is 20.9 Å². The minimum Gasteiger partial charge on any atom is -0.310 e. The molecule has 21 heavy (non-hydrogen) atoms. The first kappa shape index (κ1) is 17.2. The summed E-state index contributed by atoms with van der Waals surface area (Å²) in [6.07, 6.45) is 0. The van der Waals surface area contributed by atoms with E-state index in [4.69, 9.17) is 23.2 Å². The van der Waals surface area contributed by atoms with Crippen molar-refractivity contribution >= 4 is 50.9 Å². The monoisotopic (exact) mass is 403 g/mol. The second kappa shape index (κ2) is 7.89. The topological polar surface area (TPSA) is 12.0 Å². The predicted octanol–water partition coefficient (Wildman–Crippen LogP) is 6.58. The molecule has 1 atom stereocenters. The van der Waals surface area contributed by atoms with Crippen LogP contribution in [0.25, 0.3) is 0 Å². The number of nitrogens with one attached hydrogen (secondary N) is 1. The van der Waals surface area contributed by atoms with Crippen molar-refractivity contribution < 1.29 is 0 Å². The van der Waals surface area contributed by atoms with Crippen LogP contribution in [0, 0.1) is 0 Å². The van der Waals surface area contributed by atoms with E-state index in [1.54, 1.807) is 17.8 Å². The van der Waals surface area contributed by atoms with E-state index in [2.05, 4.69) is 47.2 Å². The van der Waals surface area contributed by atoms with Crippen molar-refractivity contribution in [1.82, 2.24) is 5.32 Å². The average Bonchev–Trinajstić information content (AvgIpc) is 2.45. The van der Waals surface area contributed by atoms with Gasteiger partial charge in [-0.1, -0.05) is 57.8 Å². The Morgan fingerprint density at radius 1 is 1.14 bits per heavy atom. The van der Waals surface area contributed by atoms with Gasteiger partial charge in [0.25, 0.3) is 0 Å². The fourth-order valence-corrected chi connectivity index (χ4v) is 3.97. The van der Waals surface area contributed by atoms with Crippen LogP contribution in [0.3, 0.4) is 0 Å². The largest absolute Gasteiger partial charge is 0.310 e. The lowest BCUT2D eigenvalue weighted by Crippen LogP contribution is -2.18. The van der Waals surface area contributed by atoms with E-state index >= 15 is 0 Å².